The molecule has 0 aliphatic heterocycles. The van der Waals surface area contributed by atoms with Gasteiger partial charge in [0, 0.05) is 22.5 Å². The minimum absolute atomic E-state index is 0.0729. The molecule has 0 saturated carbocycles. The third kappa shape index (κ3) is 6.48. The molecular weight excluding hydrogens is 625 g/mol. The first-order chi connectivity index (χ1) is 21.0. The molecule has 0 radical (unpaired) electrons. The number of nitriles is 1. The van der Waals surface area contributed by atoms with Crippen molar-refractivity contribution in [3.05, 3.63) is 116 Å². The van der Waals surface area contributed by atoms with Gasteiger partial charge in [-0.15, -0.1) is 0 Å². The number of halogens is 3. The molecule has 11 nitrogen and oxygen atoms in total. The van der Waals surface area contributed by atoms with Gasteiger partial charge in [0.15, 0.2) is 5.82 Å². The molecule has 2 N–H and O–H groups in total. The maximum Gasteiger partial charge on any atom is 0.274 e. The molecule has 220 valence electrons. The molecule has 0 unspecified atom stereocenters. The number of hydrogen-bond donors (Lipinski definition) is 2. The largest absolute Gasteiger partial charge is 0.327 e. The normalized spacial score (nSPS) is 10.7. The molecule has 0 saturated heterocycles. The van der Waals surface area contributed by atoms with Crippen LogP contribution in [0.2, 0.25) is 15.1 Å². The molecule has 44 heavy (non-hydrogen) atoms. The Morgan fingerprint density at radius 1 is 1.05 bits per heavy atom. The van der Waals surface area contributed by atoms with Crippen molar-refractivity contribution in [1.82, 2.24) is 35.1 Å². The van der Waals surface area contributed by atoms with Crippen molar-refractivity contribution in [2.45, 2.75) is 20.4 Å². The lowest BCUT2D eigenvalue weighted by molar-refractivity contribution is 0.0967. The highest BCUT2D eigenvalue weighted by molar-refractivity contribution is 6.36. The monoisotopic (exact) mass is 645 g/mol. The summed E-state index contributed by atoms with van der Waals surface area (Å²) in [5.74, 6) is -0.926. The molecule has 5 aromatic rings. The zero-order valence-corrected chi connectivity index (χ0v) is 25.5. The van der Waals surface area contributed by atoms with Gasteiger partial charge in [0.1, 0.15) is 17.9 Å². The van der Waals surface area contributed by atoms with E-state index in [9.17, 15) is 14.9 Å². The third-order valence-electron chi connectivity index (χ3n) is 6.25. The summed E-state index contributed by atoms with van der Waals surface area (Å²) in [7, 11) is 0. The van der Waals surface area contributed by atoms with Crippen molar-refractivity contribution in [3.63, 3.8) is 0 Å². The number of allylic oxidation sites excluding steroid dienone is 1. The smallest absolute Gasteiger partial charge is 0.274 e. The molecule has 0 fully saturated rings. The van der Waals surface area contributed by atoms with Gasteiger partial charge in [0.25, 0.3) is 11.8 Å². The van der Waals surface area contributed by atoms with Crippen LogP contribution in [0.15, 0.2) is 73.2 Å². The number of aromatic nitrogens is 6. The van der Waals surface area contributed by atoms with Crippen LogP contribution in [0.1, 0.15) is 44.6 Å². The number of benzene rings is 2. The standard InChI is InChI=1S/C30H22Cl3N9O2/c1-16(2)37-29(43)22-10-18(13-34)9-17(3)27(22)38-30(44)26-12-20(39-42(26)28-23(32)5-4-8-35-28)15-41-36-14-25(40-41)21-7-6-19(31)11-24(21)33/h4-12,14H,1,15H2,2-3H3,(H,37,43)(H,38,44). The lowest BCUT2D eigenvalue weighted by Crippen LogP contribution is -2.25. The maximum atomic E-state index is 13.8. The van der Waals surface area contributed by atoms with Gasteiger partial charge < -0.3 is 10.6 Å². The van der Waals surface area contributed by atoms with Crippen molar-refractivity contribution in [2.24, 2.45) is 0 Å². The van der Waals surface area contributed by atoms with E-state index in [1.54, 1.807) is 62.5 Å². The number of nitrogens with zero attached hydrogens (tertiary/aromatic N) is 7. The van der Waals surface area contributed by atoms with Gasteiger partial charge in [0.05, 0.1) is 44.8 Å². The second-order valence-electron chi connectivity index (χ2n) is 9.64. The molecule has 5 rings (SSSR count). The van der Waals surface area contributed by atoms with Crippen molar-refractivity contribution >= 4 is 52.3 Å². The SMILES string of the molecule is C=C(C)NC(=O)c1cc(C#N)cc(C)c1NC(=O)c1cc(Cn2ncc(-c3ccc(Cl)cc3Cl)n2)nn1-c1ncccc1Cl. The zero-order chi connectivity index (χ0) is 31.5. The van der Waals surface area contributed by atoms with E-state index in [2.05, 4.69) is 37.5 Å². The van der Waals surface area contributed by atoms with E-state index in [1.807, 2.05) is 6.07 Å². The van der Waals surface area contributed by atoms with Gasteiger partial charge in [-0.25, -0.2) is 9.67 Å². The Hall–Kier alpha value is -5.02. The van der Waals surface area contributed by atoms with Crippen LogP contribution < -0.4 is 10.6 Å². The average Bonchev–Trinajstić information content (AvgIpc) is 3.61. The Balaban J connectivity index is 1.52. The van der Waals surface area contributed by atoms with E-state index in [4.69, 9.17) is 34.8 Å². The molecule has 2 aromatic carbocycles. The summed E-state index contributed by atoms with van der Waals surface area (Å²) in [6.07, 6.45) is 3.08. The van der Waals surface area contributed by atoms with Crippen LogP contribution in [0.5, 0.6) is 0 Å². The second-order valence-corrected chi connectivity index (χ2v) is 10.9. The fourth-order valence-electron chi connectivity index (χ4n) is 4.34. The first-order valence-electron chi connectivity index (χ1n) is 12.9. The molecule has 3 heterocycles. The van der Waals surface area contributed by atoms with E-state index in [0.29, 0.717) is 38.3 Å². The first-order valence-corrected chi connectivity index (χ1v) is 14.1. The average molecular weight is 647 g/mol. The van der Waals surface area contributed by atoms with Gasteiger partial charge >= 0.3 is 0 Å². The molecular formula is C30H22Cl3N9O2. The molecule has 14 heteroatoms. The quantitative estimate of drug-likeness (QED) is 0.203. The molecule has 0 atom stereocenters. The van der Waals surface area contributed by atoms with Crippen LogP contribution in [0, 0.1) is 18.3 Å². The fourth-order valence-corrected chi connectivity index (χ4v) is 5.05. The topological polar surface area (TPSA) is 143 Å². The zero-order valence-electron chi connectivity index (χ0n) is 23.3. The summed E-state index contributed by atoms with van der Waals surface area (Å²) in [6, 6.07) is 14.9. The molecule has 2 amide bonds. The summed E-state index contributed by atoms with van der Waals surface area (Å²) in [5, 5.41) is 29.5. The van der Waals surface area contributed by atoms with E-state index < -0.39 is 11.8 Å². The Bertz CT molecular complexity index is 1990. The number of amides is 2. The van der Waals surface area contributed by atoms with Crippen molar-refractivity contribution < 1.29 is 9.59 Å². The predicted octanol–water partition coefficient (Wildman–Crippen LogP) is 6.23. The number of carbonyl (C=O) groups is 2. The number of hydrogen-bond acceptors (Lipinski definition) is 7. The molecule has 0 aliphatic rings. The predicted molar refractivity (Wildman–Crippen MR) is 167 cm³/mol. The van der Waals surface area contributed by atoms with Crippen LogP contribution in [0.4, 0.5) is 5.69 Å². The minimum atomic E-state index is -0.607. The summed E-state index contributed by atoms with van der Waals surface area (Å²) < 4.78 is 1.31. The summed E-state index contributed by atoms with van der Waals surface area (Å²) in [5.41, 5.74) is 3.12. The third-order valence-corrected chi connectivity index (χ3v) is 7.10. The highest BCUT2D eigenvalue weighted by Crippen LogP contribution is 2.29. The van der Waals surface area contributed by atoms with Crippen LogP contribution in [0.3, 0.4) is 0 Å². The Morgan fingerprint density at radius 3 is 2.55 bits per heavy atom. The maximum absolute atomic E-state index is 13.8. The highest BCUT2D eigenvalue weighted by Gasteiger charge is 2.23. The van der Waals surface area contributed by atoms with Gasteiger partial charge in [-0.1, -0.05) is 41.4 Å². The van der Waals surface area contributed by atoms with Crippen LogP contribution in [-0.2, 0) is 6.54 Å². The molecule has 0 bridgehead atoms. The van der Waals surface area contributed by atoms with Gasteiger partial charge in [-0.05, 0) is 67.9 Å². The Labute approximate surface area is 266 Å². The number of pyridine rings is 1. The molecule has 3 aromatic heterocycles. The number of aryl methyl sites for hydroxylation is 1. The van der Waals surface area contributed by atoms with Gasteiger partial charge in [-0.3, -0.25) is 9.59 Å². The van der Waals surface area contributed by atoms with E-state index in [1.165, 1.54) is 21.7 Å². The van der Waals surface area contributed by atoms with E-state index in [0.717, 1.165) is 0 Å². The highest BCUT2D eigenvalue weighted by atomic mass is 35.5. The first kappa shape index (κ1) is 30.4. The van der Waals surface area contributed by atoms with Crippen LogP contribution in [-0.4, -0.2) is 41.6 Å². The number of carbonyl (C=O) groups excluding carboxylic acids is 2. The Morgan fingerprint density at radius 2 is 1.84 bits per heavy atom. The lowest BCUT2D eigenvalue weighted by atomic mass is 10.0. The van der Waals surface area contributed by atoms with Gasteiger partial charge in [-0.2, -0.15) is 25.4 Å². The van der Waals surface area contributed by atoms with E-state index in [-0.39, 0.29) is 39.9 Å². The summed E-state index contributed by atoms with van der Waals surface area (Å²) >= 11 is 18.8. The van der Waals surface area contributed by atoms with Crippen molar-refractivity contribution in [3.8, 4) is 23.1 Å². The van der Waals surface area contributed by atoms with Crippen LogP contribution in [0.25, 0.3) is 17.1 Å². The van der Waals surface area contributed by atoms with Crippen molar-refractivity contribution in [2.75, 3.05) is 5.32 Å². The number of anilines is 1. The van der Waals surface area contributed by atoms with E-state index >= 15 is 0 Å². The summed E-state index contributed by atoms with van der Waals surface area (Å²) in [4.78, 5) is 32.5. The summed E-state index contributed by atoms with van der Waals surface area (Å²) in [6.45, 7) is 7.09. The number of nitrogens with one attached hydrogen (secondary N) is 2. The second kappa shape index (κ2) is 12.7. The Kier molecular flexibility index (Phi) is 8.78. The number of rotatable bonds is 8. The molecule has 0 aliphatic carbocycles. The van der Waals surface area contributed by atoms with Crippen molar-refractivity contribution in [1.29, 1.82) is 5.26 Å². The fraction of sp³-hybridized carbons (Fsp3) is 0.100. The minimum Gasteiger partial charge on any atom is -0.327 e. The van der Waals surface area contributed by atoms with Crippen LogP contribution >= 0.6 is 34.8 Å². The van der Waals surface area contributed by atoms with Gasteiger partial charge in [0.2, 0.25) is 0 Å². The lowest BCUT2D eigenvalue weighted by Gasteiger charge is -2.15. The molecule has 0 spiro atoms.